The van der Waals surface area contributed by atoms with Crippen LogP contribution in [0.3, 0.4) is 0 Å². The highest BCUT2D eigenvalue weighted by molar-refractivity contribution is 5.90. The van der Waals surface area contributed by atoms with Crippen LogP contribution >= 0.6 is 0 Å². The molecule has 9 nitrogen and oxygen atoms in total. The van der Waals surface area contributed by atoms with E-state index in [2.05, 4.69) is 10.4 Å². The Morgan fingerprint density at radius 1 is 1.27 bits per heavy atom. The first-order valence-electron chi connectivity index (χ1n) is 10.8. The minimum atomic E-state index is -0.696. The van der Waals surface area contributed by atoms with E-state index in [0.717, 1.165) is 17.4 Å². The van der Waals surface area contributed by atoms with Crippen molar-refractivity contribution in [3.8, 4) is 11.3 Å². The Balaban J connectivity index is 1.78. The Hall–Kier alpha value is -3.75. The quantitative estimate of drug-likeness (QED) is 0.579. The molecule has 0 bridgehead atoms. The molecule has 2 aromatic heterocycles. The summed E-state index contributed by atoms with van der Waals surface area (Å²) in [7, 11) is 0. The van der Waals surface area contributed by atoms with Gasteiger partial charge in [-0.25, -0.2) is 9.78 Å². The summed E-state index contributed by atoms with van der Waals surface area (Å²) < 4.78 is 7.24. The fourth-order valence-corrected chi connectivity index (χ4v) is 3.64. The first-order valence-corrected chi connectivity index (χ1v) is 10.8. The van der Waals surface area contributed by atoms with Crippen LogP contribution < -0.4 is 10.2 Å². The summed E-state index contributed by atoms with van der Waals surface area (Å²) in [5.74, 6) is 0.125. The number of hydrogen-bond acceptors (Lipinski definition) is 6. The molecule has 1 fully saturated rings. The molecule has 0 aliphatic heterocycles. The summed E-state index contributed by atoms with van der Waals surface area (Å²) in [6.45, 7) is 7.28. The van der Waals surface area contributed by atoms with Crippen LogP contribution in [0.5, 0.6) is 0 Å². The number of fused-ring (bicyclic) bond motifs is 1. The second kappa shape index (κ2) is 8.65. The van der Waals surface area contributed by atoms with Crippen LogP contribution in [0.2, 0.25) is 0 Å². The lowest BCUT2D eigenvalue weighted by Crippen LogP contribution is -2.40. The Morgan fingerprint density at radius 2 is 2.06 bits per heavy atom. The second-order valence-electron chi connectivity index (χ2n) is 9.16. The molecular weight excluding hydrogens is 422 g/mol. The van der Waals surface area contributed by atoms with Gasteiger partial charge in [-0.3, -0.25) is 9.69 Å². The summed E-state index contributed by atoms with van der Waals surface area (Å²) in [4.78, 5) is 42.1. The third kappa shape index (κ3) is 5.02. The van der Waals surface area contributed by atoms with Crippen LogP contribution in [-0.2, 0) is 20.9 Å². The van der Waals surface area contributed by atoms with Crippen molar-refractivity contribution < 1.29 is 19.1 Å². The normalized spacial score (nSPS) is 17.5. The number of aldehydes is 1. The first kappa shape index (κ1) is 22.4. The number of aromatic nitrogens is 3. The lowest BCUT2D eigenvalue weighted by molar-refractivity contribution is -0.119. The van der Waals surface area contributed by atoms with E-state index in [0.29, 0.717) is 30.1 Å². The van der Waals surface area contributed by atoms with E-state index in [9.17, 15) is 14.4 Å². The second-order valence-corrected chi connectivity index (χ2v) is 9.16. The molecule has 0 radical (unpaired) electrons. The van der Waals surface area contributed by atoms with E-state index >= 15 is 0 Å². The topological polar surface area (TPSA) is 106 Å². The van der Waals surface area contributed by atoms with Crippen molar-refractivity contribution >= 4 is 29.8 Å². The molecular formula is C24H27N5O4. The third-order valence-electron chi connectivity index (χ3n) is 5.25. The van der Waals surface area contributed by atoms with Crippen molar-refractivity contribution in [3.63, 3.8) is 0 Å². The molecule has 1 aliphatic rings. The van der Waals surface area contributed by atoms with Gasteiger partial charge < -0.3 is 14.8 Å². The molecule has 0 saturated heterocycles. The molecule has 2 amide bonds. The summed E-state index contributed by atoms with van der Waals surface area (Å²) >= 11 is 0. The highest BCUT2D eigenvalue weighted by Crippen LogP contribution is 2.39. The number of rotatable bonds is 6. The van der Waals surface area contributed by atoms with Gasteiger partial charge in [0, 0.05) is 37.1 Å². The first-order chi connectivity index (χ1) is 15.7. The van der Waals surface area contributed by atoms with E-state index in [1.54, 1.807) is 43.6 Å². The van der Waals surface area contributed by atoms with Gasteiger partial charge in [-0.05, 0) is 38.8 Å². The molecule has 2 unspecified atom stereocenters. The number of carbonyl (C=O) groups is 3. The van der Waals surface area contributed by atoms with E-state index in [1.807, 2.05) is 24.3 Å². The summed E-state index contributed by atoms with van der Waals surface area (Å²) in [6, 6.07) is 10.9. The minimum Gasteiger partial charge on any atom is -0.443 e. The number of amides is 2. The lowest BCUT2D eigenvalue weighted by atomic mass is 10.1. The average molecular weight is 450 g/mol. The Bertz CT molecular complexity index is 1210. The molecule has 4 rings (SSSR count). The summed E-state index contributed by atoms with van der Waals surface area (Å²) in [5.41, 5.74) is 2.25. The molecule has 2 atom stereocenters. The average Bonchev–Trinajstić information content (AvgIpc) is 3.35. The third-order valence-corrected chi connectivity index (χ3v) is 5.25. The standard InChI is InChI=1S/C24H27N5O4/c1-15(31)25-13-16-6-5-7-17(10-16)19-12-22(29-21(27-19)8-9-26-29)28(20-11-18(20)14-30)23(32)33-24(2,3)4/h5-10,12,14,18,20H,11,13H2,1-4H3,(H,25,31). The Morgan fingerprint density at radius 3 is 2.73 bits per heavy atom. The van der Waals surface area contributed by atoms with Gasteiger partial charge in [0.2, 0.25) is 5.91 Å². The summed E-state index contributed by atoms with van der Waals surface area (Å²) in [5, 5.41) is 7.14. The number of nitrogens with zero attached hydrogens (tertiary/aromatic N) is 4. The molecule has 1 saturated carbocycles. The zero-order valence-corrected chi connectivity index (χ0v) is 19.1. The molecule has 3 aromatic rings. The highest BCUT2D eigenvalue weighted by Gasteiger charge is 2.47. The fourth-order valence-electron chi connectivity index (χ4n) is 3.64. The van der Waals surface area contributed by atoms with E-state index in [-0.39, 0.29) is 17.9 Å². The highest BCUT2D eigenvalue weighted by atomic mass is 16.6. The molecule has 2 heterocycles. The molecule has 1 aromatic carbocycles. The molecule has 172 valence electrons. The van der Waals surface area contributed by atoms with Crippen molar-refractivity contribution in [2.45, 2.75) is 52.3 Å². The minimum absolute atomic E-state index is 0.108. The number of nitrogens with one attached hydrogen (secondary N) is 1. The number of ether oxygens (including phenoxy) is 1. The maximum Gasteiger partial charge on any atom is 0.416 e. The van der Waals surface area contributed by atoms with Crippen LogP contribution in [0.15, 0.2) is 42.6 Å². The van der Waals surface area contributed by atoms with Crippen molar-refractivity contribution in [1.29, 1.82) is 0 Å². The number of benzene rings is 1. The fraction of sp³-hybridized carbons (Fsp3) is 0.375. The molecule has 1 aliphatic carbocycles. The SMILES string of the molecule is CC(=O)NCc1cccc(-c2cc(N(C(=O)OC(C)(C)C)C3CC3C=O)n3nccc3n2)c1. The Labute approximate surface area is 191 Å². The van der Waals surface area contributed by atoms with Crippen molar-refractivity contribution in [2.75, 3.05) is 4.90 Å². The zero-order valence-electron chi connectivity index (χ0n) is 19.1. The van der Waals surface area contributed by atoms with E-state index in [4.69, 9.17) is 9.72 Å². The zero-order chi connectivity index (χ0) is 23.8. The van der Waals surface area contributed by atoms with E-state index < -0.39 is 11.7 Å². The van der Waals surface area contributed by atoms with Gasteiger partial charge in [-0.2, -0.15) is 9.61 Å². The van der Waals surface area contributed by atoms with Crippen molar-refractivity contribution in [3.05, 3.63) is 48.2 Å². The van der Waals surface area contributed by atoms with Crippen LogP contribution in [0, 0.1) is 5.92 Å². The predicted molar refractivity (Wildman–Crippen MR) is 123 cm³/mol. The van der Waals surface area contributed by atoms with Gasteiger partial charge in [0.15, 0.2) is 5.65 Å². The number of hydrogen-bond donors (Lipinski definition) is 1. The van der Waals surface area contributed by atoms with Gasteiger partial charge in [-0.15, -0.1) is 0 Å². The largest absolute Gasteiger partial charge is 0.443 e. The smallest absolute Gasteiger partial charge is 0.416 e. The molecule has 33 heavy (non-hydrogen) atoms. The molecule has 0 spiro atoms. The van der Waals surface area contributed by atoms with Gasteiger partial charge in [0.1, 0.15) is 17.7 Å². The van der Waals surface area contributed by atoms with Crippen LogP contribution in [-0.4, -0.2) is 44.5 Å². The maximum atomic E-state index is 13.2. The van der Waals surface area contributed by atoms with Crippen LogP contribution in [0.25, 0.3) is 16.9 Å². The van der Waals surface area contributed by atoms with Gasteiger partial charge in [0.25, 0.3) is 0 Å². The lowest BCUT2D eigenvalue weighted by Gasteiger charge is -2.28. The summed E-state index contributed by atoms with van der Waals surface area (Å²) in [6.07, 6.45) is 2.51. The van der Waals surface area contributed by atoms with Gasteiger partial charge >= 0.3 is 6.09 Å². The monoisotopic (exact) mass is 449 g/mol. The predicted octanol–water partition coefficient (Wildman–Crippen LogP) is 3.36. The van der Waals surface area contributed by atoms with Crippen molar-refractivity contribution in [1.82, 2.24) is 19.9 Å². The van der Waals surface area contributed by atoms with Crippen LogP contribution in [0.1, 0.15) is 39.7 Å². The van der Waals surface area contributed by atoms with E-state index in [1.165, 1.54) is 11.8 Å². The molecule has 9 heteroatoms. The number of carbonyl (C=O) groups excluding carboxylic acids is 3. The van der Waals surface area contributed by atoms with Gasteiger partial charge in [0.05, 0.1) is 17.9 Å². The van der Waals surface area contributed by atoms with Crippen molar-refractivity contribution in [2.24, 2.45) is 5.92 Å². The number of anilines is 1. The molecule has 1 N–H and O–H groups in total. The Kier molecular flexibility index (Phi) is 5.88. The maximum absolute atomic E-state index is 13.2. The van der Waals surface area contributed by atoms with Gasteiger partial charge in [-0.1, -0.05) is 18.2 Å². The van der Waals surface area contributed by atoms with Crippen LogP contribution in [0.4, 0.5) is 10.6 Å².